The molecule has 1 aliphatic heterocycles. The standard InChI is InChI=1S/C17H17FN4O/c18-15-8-12(9-19)4-5-13(15)11-23-17-3-1-2-16(22-17)21-14-6-7-20-10-14/h1-5,8,14,20H,6-7,10-11H2,(H,21,22). The van der Waals surface area contributed by atoms with Crippen LogP contribution in [0.15, 0.2) is 36.4 Å². The van der Waals surface area contributed by atoms with Crippen LogP contribution >= 0.6 is 0 Å². The molecule has 2 N–H and O–H groups in total. The number of anilines is 1. The highest BCUT2D eigenvalue weighted by Gasteiger charge is 2.14. The predicted molar refractivity (Wildman–Crippen MR) is 84.6 cm³/mol. The summed E-state index contributed by atoms with van der Waals surface area (Å²) in [5.41, 5.74) is 0.685. The Morgan fingerprint density at radius 1 is 1.39 bits per heavy atom. The van der Waals surface area contributed by atoms with Crippen LogP contribution in [-0.4, -0.2) is 24.1 Å². The Balaban J connectivity index is 1.63. The van der Waals surface area contributed by atoms with Gasteiger partial charge in [0.25, 0.3) is 0 Å². The van der Waals surface area contributed by atoms with Crippen molar-refractivity contribution in [2.75, 3.05) is 18.4 Å². The van der Waals surface area contributed by atoms with E-state index in [1.165, 1.54) is 6.07 Å². The van der Waals surface area contributed by atoms with Crippen LogP contribution in [0, 0.1) is 17.1 Å². The first-order chi connectivity index (χ1) is 11.2. The summed E-state index contributed by atoms with van der Waals surface area (Å²) >= 11 is 0. The summed E-state index contributed by atoms with van der Waals surface area (Å²) < 4.78 is 19.4. The predicted octanol–water partition coefficient (Wildman–Crippen LogP) is 2.45. The molecule has 0 spiro atoms. The molecule has 1 atom stereocenters. The summed E-state index contributed by atoms with van der Waals surface area (Å²) in [5, 5.41) is 15.4. The van der Waals surface area contributed by atoms with E-state index in [-0.39, 0.29) is 6.61 Å². The first-order valence-corrected chi connectivity index (χ1v) is 7.50. The fourth-order valence-electron chi connectivity index (χ4n) is 2.45. The number of pyridine rings is 1. The third-order valence-corrected chi connectivity index (χ3v) is 3.69. The second kappa shape index (κ2) is 7.07. The molecule has 6 heteroatoms. The van der Waals surface area contributed by atoms with Crippen LogP contribution in [0.1, 0.15) is 17.5 Å². The highest BCUT2D eigenvalue weighted by atomic mass is 19.1. The molecule has 1 aromatic carbocycles. The molecule has 1 aromatic heterocycles. The van der Waals surface area contributed by atoms with Crippen molar-refractivity contribution < 1.29 is 9.13 Å². The number of rotatable bonds is 5. The minimum atomic E-state index is -0.449. The summed E-state index contributed by atoms with van der Waals surface area (Å²) in [7, 11) is 0. The minimum absolute atomic E-state index is 0.0684. The second-order valence-corrected chi connectivity index (χ2v) is 5.40. The van der Waals surface area contributed by atoms with Crippen LogP contribution in [0.4, 0.5) is 10.2 Å². The van der Waals surface area contributed by atoms with E-state index in [2.05, 4.69) is 15.6 Å². The monoisotopic (exact) mass is 312 g/mol. The third-order valence-electron chi connectivity index (χ3n) is 3.69. The Hall–Kier alpha value is -2.65. The first kappa shape index (κ1) is 15.3. The van der Waals surface area contributed by atoms with Gasteiger partial charge in [-0.2, -0.15) is 10.2 Å². The quantitative estimate of drug-likeness (QED) is 0.887. The maximum absolute atomic E-state index is 13.8. The van der Waals surface area contributed by atoms with Crippen LogP contribution in [0.2, 0.25) is 0 Å². The molecular formula is C17H17FN4O. The van der Waals surface area contributed by atoms with Gasteiger partial charge in [-0.05, 0) is 31.2 Å². The van der Waals surface area contributed by atoms with Gasteiger partial charge in [-0.3, -0.25) is 0 Å². The van der Waals surface area contributed by atoms with Crippen molar-refractivity contribution in [3.8, 4) is 11.9 Å². The summed E-state index contributed by atoms with van der Waals surface area (Å²) in [6, 6.07) is 12.1. The van der Waals surface area contributed by atoms with Crippen LogP contribution in [0.25, 0.3) is 0 Å². The molecule has 1 saturated heterocycles. The normalized spacial score (nSPS) is 16.8. The SMILES string of the molecule is N#Cc1ccc(COc2cccc(NC3CCNC3)n2)c(F)c1. The Morgan fingerprint density at radius 3 is 3.04 bits per heavy atom. The summed E-state index contributed by atoms with van der Waals surface area (Å²) in [6.45, 7) is 1.99. The largest absolute Gasteiger partial charge is 0.473 e. The highest BCUT2D eigenvalue weighted by molar-refractivity contribution is 5.38. The molecule has 5 nitrogen and oxygen atoms in total. The molecule has 2 heterocycles. The van der Waals surface area contributed by atoms with E-state index in [9.17, 15) is 4.39 Å². The fraction of sp³-hybridized carbons (Fsp3) is 0.294. The van der Waals surface area contributed by atoms with Gasteiger partial charge in [-0.25, -0.2) is 4.39 Å². The lowest BCUT2D eigenvalue weighted by Gasteiger charge is -2.13. The van der Waals surface area contributed by atoms with Gasteiger partial charge in [0, 0.05) is 24.2 Å². The summed E-state index contributed by atoms with van der Waals surface area (Å²) in [6.07, 6.45) is 1.06. The molecule has 0 saturated carbocycles. The first-order valence-electron chi connectivity index (χ1n) is 7.50. The van der Waals surface area contributed by atoms with Gasteiger partial charge in [-0.15, -0.1) is 0 Å². The molecule has 2 aromatic rings. The zero-order valence-electron chi connectivity index (χ0n) is 12.6. The topological polar surface area (TPSA) is 70.0 Å². The lowest BCUT2D eigenvalue weighted by atomic mass is 10.1. The van der Waals surface area contributed by atoms with Gasteiger partial charge in [0.1, 0.15) is 18.2 Å². The number of nitriles is 1. The summed E-state index contributed by atoms with van der Waals surface area (Å²) in [5.74, 6) is 0.733. The van der Waals surface area contributed by atoms with E-state index < -0.39 is 5.82 Å². The van der Waals surface area contributed by atoms with E-state index >= 15 is 0 Å². The maximum Gasteiger partial charge on any atom is 0.215 e. The third kappa shape index (κ3) is 3.96. The summed E-state index contributed by atoms with van der Waals surface area (Å²) in [4.78, 5) is 4.38. The molecular weight excluding hydrogens is 295 g/mol. The molecule has 0 bridgehead atoms. The van der Waals surface area contributed by atoms with E-state index in [4.69, 9.17) is 10.00 Å². The Morgan fingerprint density at radius 2 is 2.30 bits per heavy atom. The number of nitrogens with zero attached hydrogens (tertiary/aromatic N) is 2. The van der Waals surface area contributed by atoms with E-state index in [1.807, 2.05) is 18.2 Å². The molecule has 118 valence electrons. The zero-order valence-corrected chi connectivity index (χ0v) is 12.6. The van der Waals surface area contributed by atoms with Crippen LogP contribution < -0.4 is 15.4 Å². The maximum atomic E-state index is 13.8. The highest BCUT2D eigenvalue weighted by Crippen LogP contribution is 2.17. The van der Waals surface area contributed by atoms with Crippen molar-refractivity contribution in [3.05, 3.63) is 53.3 Å². The molecule has 0 radical (unpaired) electrons. The van der Waals surface area contributed by atoms with Crippen molar-refractivity contribution in [3.63, 3.8) is 0 Å². The molecule has 0 aliphatic carbocycles. The number of hydrogen-bond donors (Lipinski definition) is 2. The van der Waals surface area contributed by atoms with Gasteiger partial charge in [0.15, 0.2) is 0 Å². The lowest BCUT2D eigenvalue weighted by molar-refractivity contribution is 0.288. The molecule has 3 rings (SSSR count). The molecule has 0 amide bonds. The van der Waals surface area contributed by atoms with E-state index in [1.54, 1.807) is 18.2 Å². The van der Waals surface area contributed by atoms with Crippen molar-refractivity contribution in [2.45, 2.75) is 19.1 Å². The van der Waals surface area contributed by atoms with E-state index in [0.717, 1.165) is 25.3 Å². The van der Waals surface area contributed by atoms with Crippen LogP contribution in [0.3, 0.4) is 0 Å². The van der Waals surface area contributed by atoms with Crippen molar-refractivity contribution in [1.29, 1.82) is 5.26 Å². The van der Waals surface area contributed by atoms with Gasteiger partial charge in [0.05, 0.1) is 11.6 Å². The number of nitrogens with one attached hydrogen (secondary N) is 2. The smallest absolute Gasteiger partial charge is 0.215 e. The van der Waals surface area contributed by atoms with Crippen molar-refractivity contribution >= 4 is 5.82 Å². The molecule has 1 fully saturated rings. The van der Waals surface area contributed by atoms with Gasteiger partial charge in [0.2, 0.25) is 5.88 Å². The Kier molecular flexibility index (Phi) is 4.69. The fourth-order valence-corrected chi connectivity index (χ4v) is 2.45. The number of aromatic nitrogens is 1. The van der Waals surface area contributed by atoms with Crippen LogP contribution in [0.5, 0.6) is 5.88 Å². The van der Waals surface area contributed by atoms with Gasteiger partial charge >= 0.3 is 0 Å². The average Bonchev–Trinajstić information content (AvgIpc) is 3.07. The Labute approximate surface area is 134 Å². The Bertz CT molecular complexity index is 723. The van der Waals surface area contributed by atoms with Crippen molar-refractivity contribution in [2.24, 2.45) is 0 Å². The zero-order chi connectivity index (χ0) is 16.1. The lowest BCUT2D eigenvalue weighted by Crippen LogP contribution is -2.22. The molecule has 23 heavy (non-hydrogen) atoms. The number of halogens is 1. The number of ether oxygens (including phenoxy) is 1. The van der Waals surface area contributed by atoms with Crippen LogP contribution in [-0.2, 0) is 6.61 Å². The molecule has 1 unspecified atom stereocenters. The average molecular weight is 312 g/mol. The molecule has 1 aliphatic rings. The minimum Gasteiger partial charge on any atom is -0.473 e. The van der Waals surface area contributed by atoms with Gasteiger partial charge < -0.3 is 15.4 Å². The van der Waals surface area contributed by atoms with Crippen molar-refractivity contribution in [1.82, 2.24) is 10.3 Å². The van der Waals surface area contributed by atoms with Gasteiger partial charge in [-0.1, -0.05) is 12.1 Å². The number of hydrogen-bond acceptors (Lipinski definition) is 5. The number of benzene rings is 1. The van der Waals surface area contributed by atoms with E-state index in [0.29, 0.717) is 23.0 Å². The second-order valence-electron chi connectivity index (χ2n) is 5.40.